The molecule has 0 spiro atoms. The van der Waals surface area contributed by atoms with Crippen LogP contribution in [0.1, 0.15) is 19.4 Å². The number of fused-ring (bicyclic) bond motifs is 1. The maximum atomic E-state index is 11.8. The van der Waals surface area contributed by atoms with Crippen LogP contribution in [-0.4, -0.2) is 44.0 Å². The fraction of sp³-hybridized carbons (Fsp3) is 0.462. The molecule has 3 nitrogen and oxygen atoms in total. The van der Waals surface area contributed by atoms with Crippen molar-refractivity contribution in [2.75, 3.05) is 13.6 Å². The van der Waals surface area contributed by atoms with Crippen LogP contribution in [0.15, 0.2) is 22.0 Å². The van der Waals surface area contributed by atoms with Gasteiger partial charge in [0.05, 0.1) is 0 Å². The van der Waals surface area contributed by atoms with Gasteiger partial charge in [-0.1, -0.05) is 0 Å². The molecule has 0 fully saturated rings. The molecule has 0 bridgehead atoms. The van der Waals surface area contributed by atoms with Crippen LogP contribution in [0.25, 0.3) is 9.65 Å². The first-order chi connectivity index (χ1) is 8.09. The first-order valence-corrected chi connectivity index (χ1v) is 7.72. The average molecular weight is 297 g/mol. The molecule has 0 amide bonds. The van der Waals surface area contributed by atoms with Gasteiger partial charge in [-0.2, -0.15) is 0 Å². The molecule has 2 aromatic rings. The van der Waals surface area contributed by atoms with Gasteiger partial charge in [0.15, 0.2) is 0 Å². The summed E-state index contributed by atoms with van der Waals surface area (Å²) < 4.78 is 1.23. The Kier molecular flexibility index (Phi) is 3.87. The van der Waals surface area contributed by atoms with E-state index in [1.54, 1.807) is 6.20 Å². The molecule has 2 heterocycles. The Morgan fingerprint density at radius 2 is 2.24 bits per heavy atom. The number of likely N-dealkylation sites (N-methyl/N-ethyl adjacent to an activating group) is 1. The Labute approximate surface area is 107 Å². The van der Waals surface area contributed by atoms with Crippen molar-refractivity contribution in [3.05, 3.63) is 33.1 Å². The van der Waals surface area contributed by atoms with Crippen molar-refractivity contribution in [3.63, 3.8) is 0 Å². The number of nitrogens with one attached hydrogen (secondary N) is 1. The predicted octanol–water partition coefficient (Wildman–Crippen LogP) is 1.47. The molecule has 0 radical (unpaired) electrons. The van der Waals surface area contributed by atoms with Crippen LogP contribution in [0.2, 0.25) is 0 Å². The zero-order chi connectivity index (χ0) is 12.4. The summed E-state index contributed by atoms with van der Waals surface area (Å²) in [7, 11) is 2.13. The van der Waals surface area contributed by atoms with Crippen molar-refractivity contribution in [1.82, 2.24) is 9.88 Å². The third-order valence-corrected chi connectivity index (χ3v) is 5.28. The topological polar surface area (TPSA) is 36.1 Å². The number of aromatic amines is 1. The molecule has 0 aliphatic heterocycles. The van der Waals surface area contributed by atoms with Gasteiger partial charge in [0.2, 0.25) is 0 Å². The van der Waals surface area contributed by atoms with E-state index < -0.39 is 0 Å². The third kappa shape index (κ3) is 2.71. The van der Waals surface area contributed by atoms with Crippen LogP contribution in [0.5, 0.6) is 0 Å². The molecule has 4 heteroatoms. The van der Waals surface area contributed by atoms with E-state index in [1.165, 1.54) is 9.82 Å². The molecule has 17 heavy (non-hydrogen) atoms. The van der Waals surface area contributed by atoms with Crippen molar-refractivity contribution in [1.29, 1.82) is 0 Å². The standard InChI is InChI=1S/C13H18N2OSe/c1-9(2)15(3)7-5-10-8-17-11-4-6-14-13(16)12(10)11/h4,6,8-9H,5,7H2,1-3H3,(H,14,16). The third-order valence-electron chi connectivity index (χ3n) is 3.19. The van der Waals surface area contributed by atoms with Gasteiger partial charge in [0.25, 0.3) is 0 Å². The van der Waals surface area contributed by atoms with E-state index in [-0.39, 0.29) is 5.56 Å². The molecule has 92 valence electrons. The normalized spacial score (nSPS) is 11.8. The predicted molar refractivity (Wildman–Crippen MR) is 73.0 cm³/mol. The quantitative estimate of drug-likeness (QED) is 0.868. The summed E-state index contributed by atoms with van der Waals surface area (Å²) in [6.07, 6.45) is 2.72. The Hall–Kier alpha value is -0.831. The van der Waals surface area contributed by atoms with Crippen molar-refractivity contribution < 1.29 is 0 Å². The van der Waals surface area contributed by atoms with Crippen LogP contribution in [0, 0.1) is 0 Å². The number of rotatable bonds is 4. The second-order valence-electron chi connectivity index (χ2n) is 4.63. The minimum atomic E-state index is 0.0697. The second-order valence-corrected chi connectivity index (χ2v) is 6.54. The van der Waals surface area contributed by atoms with Crippen molar-refractivity contribution in [2.24, 2.45) is 0 Å². The molecule has 0 aliphatic carbocycles. The van der Waals surface area contributed by atoms with Crippen LogP contribution >= 0.6 is 0 Å². The Balaban J connectivity index is 2.22. The van der Waals surface area contributed by atoms with Crippen molar-refractivity contribution >= 4 is 24.1 Å². The average Bonchev–Trinajstić information content (AvgIpc) is 2.70. The van der Waals surface area contributed by atoms with Crippen LogP contribution < -0.4 is 5.56 Å². The number of nitrogens with zero attached hydrogens (tertiary/aromatic N) is 1. The minimum absolute atomic E-state index is 0.0697. The maximum absolute atomic E-state index is 11.8. The first kappa shape index (κ1) is 12.6. The van der Waals surface area contributed by atoms with Gasteiger partial charge in [0.1, 0.15) is 0 Å². The second kappa shape index (κ2) is 5.21. The molecular formula is C13H18N2OSe. The Morgan fingerprint density at radius 3 is 2.94 bits per heavy atom. The van der Waals surface area contributed by atoms with Gasteiger partial charge in [-0.25, -0.2) is 0 Å². The molecule has 0 saturated heterocycles. The summed E-state index contributed by atoms with van der Waals surface area (Å²) in [6, 6.07) is 2.59. The number of H-pyrrole nitrogens is 1. The summed E-state index contributed by atoms with van der Waals surface area (Å²) in [4.78, 5) is 19.1. The molecule has 1 N–H and O–H groups in total. The van der Waals surface area contributed by atoms with Crippen molar-refractivity contribution in [3.8, 4) is 0 Å². The number of hydrogen-bond donors (Lipinski definition) is 1. The summed E-state index contributed by atoms with van der Waals surface area (Å²) in [5.41, 5.74) is 1.30. The summed E-state index contributed by atoms with van der Waals surface area (Å²) in [5.74, 6) is 0. The Bertz CT molecular complexity index is 556. The van der Waals surface area contributed by atoms with E-state index >= 15 is 0 Å². The molecule has 0 saturated carbocycles. The summed E-state index contributed by atoms with van der Waals surface area (Å²) >= 11 is 0.343. The molecule has 0 aliphatic rings. The fourth-order valence-electron chi connectivity index (χ4n) is 1.80. The van der Waals surface area contributed by atoms with E-state index in [2.05, 4.69) is 35.7 Å². The van der Waals surface area contributed by atoms with Gasteiger partial charge in [0, 0.05) is 0 Å². The zero-order valence-electron chi connectivity index (χ0n) is 10.5. The fourth-order valence-corrected chi connectivity index (χ4v) is 3.88. The van der Waals surface area contributed by atoms with Crippen LogP contribution in [0.4, 0.5) is 0 Å². The monoisotopic (exact) mass is 298 g/mol. The van der Waals surface area contributed by atoms with Gasteiger partial charge >= 0.3 is 107 Å². The molecule has 0 atom stereocenters. The summed E-state index contributed by atoms with van der Waals surface area (Å²) in [6.45, 7) is 5.38. The van der Waals surface area contributed by atoms with E-state index in [0.29, 0.717) is 20.5 Å². The number of pyridine rings is 1. The van der Waals surface area contributed by atoms with Crippen LogP contribution in [-0.2, 0) is 6.42 Å². The van der Waals surface area contributed by atoms with E-state index in [9.17, 15) is 4.79 Å². The zero-order valence-corrected chi connectivity index (χ0v) is 12.2. The van der Waals surface area contributed by atoms with Gasteiger partial charge in [-0.3, -0.25) is 0 Å². The molecule has 2 rings (SSSR count). The molecule has 0 aromatic carbocycles. The number of aromatic nitrogens is 1. The van der Waals surface area contributed by atoms with Crippen molar-refractivity contribution in [2.45, 2.75) is 26.3 Å². The van der Waals surface area contributed by atoms with E-state index in [0.717, 1.165) is 18.4 Å². The van der Waals surface area contributed by atoms with E-state index in [4.69, 9.17) is 0 Å². The summed E-state index contributed by atoms with van der Waals surface area (Å²) in [5, 5.41) is 0.935. The molecular weight excluding hydrogens is 279 g/mol. The molecule has 0 unspecified atom stereocenters. The SMILES string of the molecule is CC(C)N(C)CCc1c[se]c2cc[nH]c(=O)c12. The van der Waals surface area contributed by atoms with Gasteiger partial charge in [-0.05, 0) is 0 Å². The first-order valence-electron chi connectivity index (χ1n) is 5.87. The number of hydrogen-bond acceptors (Lipinski definition) is 2. The Morgan fingerprint density at radius 1 is 1.47 bits per heavy atom. The van der Waals surface area contributed by atoms with Gasteiger partial charge < -0.3 is 0 Å². The van der Waals surface area contributed by atoms with Gasteiger partial charge in [-0.15, -0.1) is 0 Å². The van der Waals surface area contributed by atoms with E-state index in [1.807, 2.05) is 6.07 Å². The molecule has 2 aromatic heterocycles. The van der Waals surface area contributed by atoms with Crippen LogP contribution in [0.3, 0.4) is 0 Å².